The topological polar surface area (TPSA) is 47.6 Å². The predicted molar refractivity (Wildman–Crippen MR) is 77.7 cm³/mol. The van der Waals surface area contributed by atoms with E-state index in [4.69, 9.17) is 9.47 Å². The summed E-state index contributed by atoms with van der Waals surface area (Å²) in [6, 6.07) is 5.31. The minimum Gasteiger partial charge on any atom is -0.489 e. The van der Waals surface area contributed by atoms with Gasteiger partial charge in [0.1, 0.15) is 17.6 Å². The standard InChI is InChI=1S/C13H16BrNO3.Na/c1-9(16)17-11-2-3-13(12(14)8-11)18-10-4-6-15-7-5-10;/h2-3,8,10,15H,4-7H2,1H3;. The molecule has 1 aliphatic heterocycles. The van der Waals surface area contributed by atoms with Gasteiger partial charge in [-0.25, -0.2) is 0 Å². The molecular weight excluding hydrogens is 321 g/mol. The van der Waals surface area contributed by atoms with Crippen molar-refractivity contribution in [3.05, 3.63) is 22.7 Å². The van der Waals surface area contributed by atoms with Gasteiger partial charge in [-0.3, -0.25) is 4.79 Å². The number of carbonyl (C=O) groups excluding carboxylic acids is 1. The molecule has 2 rings (SSSR count). The Labute approximate surface area is 143 Å². The number of esters is 1. The van der Waals surface area contributed by atoms with Crippen molar-refractivity contribution in [2.75, 3.05) is 13.1 Å². The maximum atomic E-state index is 10.9. The Morgan fingerprint density at radius 3 is 2.63 bits per heavy atom. The molecule has 0 spiro atoms. The number of halogens is 1. The van der Waals surface area contributed by atoms with Crippen LogP contribution in [0.25, 0.3) is 0 Å². The zero-order valence-electron chi connectivity index (χ0n) is 11.2. The molecule has 6 heteroatoms. The maximum absolute atomic E-state index is 10.9. The van der Waals surface area contributed by atoms with Crippen LogP contribution in [0.3, 0.4) is 0 Å². The molecule has 1 saturated heterocycles. The Balaban J connectivity index is 0.00000180. The summed E-state index contributed by atoms with van der Waals surface area (Å²) < 4.78 is 11.7. The molecule has 0 unspecified atom stereocenters. The molecular formula is C13H16BrNNaO3. The van der Waals surface area contributed by atoms with Crippen molar-refractivity contribution in [3.8, 4) is 11.5 Å². The summed E-state index contributed by atoms with van der Waals surface area (Å²) in [5, 5.41) is 3.30. The zero-order valence-corrected chi connectivity index (χ0v) is 14.8. The molecule has 4 nitrogen and oxygen atoms in total. The fraction of sp³-hybridized carbons (Fsp3) is 0.462. The second kappa shape index (κ2) is 8.27. The molecule has 99 valence electrons. The number of hydrogen-bond acceptors (Lipinski definition) is 4. The first-order valence-electron chi connectivity index (χ1n) is 6.00. The fourth-order valence-corrected chi connectivity index (χ4v) is 2.35. The summed E-state index contributed by atoms with van der Waals surface area (Å²) in [7, 11) is 0. The van der Waals surface area contributed by atoms with E-state index in [1.165, 1.54) is 6.92 Å². The summed E-state index contributed by atoms with van der Waals surface area (Å²) in [4.78, 5) is 10.9. The first-order valence-corrected chi connectivity index (χ1v) is 6.80. The third kappa shape index (κ3) is 5.44. The Kier molecular flexibility index (Phi) is 7.39. The summed E-state index contributed by atoms with van der Waals surface area (Å²) in [5.41, 5.74) is 0. The van der Waals surface area contributed by atoms with E-state index in [1.807, 2.05) is 6.07 Å². The van der Waals surface area contributed by atoms with Crippen molar-refractivity contribution in [3.63, 3.8) is 0 Å². The first-order chi connectivity index (χ1) is 8.65. The van der Waals surface area contributed by atoms with Gasteiger partial charge in [0, 0.05) is 36.5 Å². The number of ether oxygens (including phenoxy) is 2. The summed E-state index contributed by atoms with van der Waals surface area (Å²) in [6.07, 6.45) is 2.28. The van der Waals surface area contributed by atoms with E-state index in [9.17, 15) is 4.79 Å². The number of rotatable bonds is 3. The average molecular weight is 337 g/mol. The van der Waals surface area contributed by atoms with Crippen LogP contribution in [0.2, 0.25) is 0 Å². The van der Waals surface area contributed by atoms with Crippen molar-refractivity contribution < 1.29 is 14.3 Å². The van der Waals surface area contributed by atoms with Crippen LogP contribution in [0.4, 0.5) is 0 Å². The van der Waals surface area contributed by atoms with Crippen molar-refractivity contribution in [1.82, 2.24) is 5.32 Å². The largest absolute Gasteiger partial charge is 0.489 e. The van der Waals surface area contributed by atoms with Gasteiger partial charge in [0.2, 0.25) is 0 Å². The minimum atomic E-state index is -0.325. The Morgan fingerprint density at radius 2 is 2.05 bits per heavy atom. The van der Waals surface area contributed by atoms with E-state index in [1.54, 1.807) is 12.1 Å². The van der Waals surface area contributed by atoms with Crippen molar-refractivity contribution >= 4 is 51.5 Å². The quantitative estimate of drug-likeness (QED) is 0.522. The van der Waals surface area contributed by atoms with Gasteiger partial charge < -0.3 is 14.8 Å². The van der Waals surface area contributed by atoms with Gasteiger partial charge in [-0.05, 0) is 60.1 Å². The third-order valence-corrected chi connectivity index (χ3v) is 3.36. The Morgan fingerprint density at radius 1 is 1.37 bits per heavy atom. The van der Waals surface area contributed by atoms with Gasteiger partial charge in [-0.15, -0.1) is 0 Å². The van der Waals surface area contributed by atoms with E-state index in [2.05, 4.69) is 21.2 Å². The summed E-state index contributed by atoms with van der Waals surface area (Å²) >= 11 is 3.43. The van der Waals surface area contributed by atoms with Crippen LogP contribution in [-0.2, 0) is 4.79 Å². The van der Waals surface area contributed by atoms with Crippen LogP contribution >= 0.6 is 15.9 Å². The van der Waals surface area contributed by atoms with Gasteiger partial charge in [0.15, 0.2) is 0 Å². The summed E-state index contributed by atoms with van der Waals surface area (Å²) in [5.74, 6) is 0.985. The van der Waals surface area contributed by atoms with Gasteiger partial charge in [0.25, 0.3) is 0 Å². The van der Waals surface area contributed by atoms with Gasteiger partial charge >= 0.3 is 5.97 Å². The van der Waals surface area contributed by atoms with Gasteiger partial charge in [0.05, 0.1) is 4.47 Å². The second-order valence-corrected chi connectivity index (χ2v) is 5.11. The van der Waals surface area contributed by atoms with Crippen LogP contribution in [0.15, 0.2) is 22.7 Å². The SMILES string of the molecule is CC(=O)Oc1ccc(OC2CCNCC2)c(Br)c1.[Na]. The van der Waals surface area contributed by atoms with Crippen LogP contribution < -0.4 is 14.8 Å². The molecule has 1 radical (unpaired) electrons. The molecule has 1 N–H and O–H groups in total. The monoisotopic (exact) mass is 336 g/mol. The van der Waals surface area contributed by atoms with Gasteiger partial charge in [-0.2, -0.15) is 0 Å². The molecule has 0 amide bonds. The molecule has 1 heterocycles. The smallest absolute Gasteiger partial charge is 0.308 e. The molecule has 0 saturated carbocycles. The normalized spacial score (nSPS) is 15.5. The van der Waals surface area contributed by atoms with E-state index < -0.39 is 0 Å². The maximum Gasteiger partial charge on any atom is 0.308 e. The number of nitrogens with one attached hydrogen (secondary N) is 1. The van der Waals surface area contributed by atoms with Gasteiger partial charge in [-0.1, -0.05) is 0 Å². The molecule has 1 fully saturated rings. The van der Waals surface area contributed by atoms with Crippen LogP contribution in [0.5, 0.6) is 11.5 Å². The molecule has 0 atom stereocenters. The van der Waals surface area contributed by atoms with Crippen LogP contribution in [-0.4, -0.2) is 54.7 Å². The van der Waals surface area contributed by atoms with E-state index in [-0.39, 0.29) is 41.6 Å². The van der Waals surface area contributed by atoms with Crippen LogP contribution in [0.1, 0.15) is 19.8 Å². The zero-order chi connectivity index (χ0) is 13.0. The molecule has 1 aromatic carbocycles. The van der Waals surface area contributed by atoms with E-state index in [0.29, 0.717) is 5.75 Å². The minimum absolute atomic E-state index is 0. The Bertz CT molecular complexity index is 436. The van der Waals surface area contributed by atoms with Crippen molar-refractivity contribution in [2.24, 2.45) is 0 Å². The number of carbonyl (C=O) groups is 1. The third-order valence-electron chi connectivity index (χ3n) is 2.74. The molecule has 0 aromatic heterocycles. The molecule has 0 bridgehead atoms. The van der Waals surface area contributed by atoms with Crippen molar-refractivity contribution in [1.29, 1.82) is 0 Å². The molecule has 1 aliphatic rings. The number of hydrogen-bond donors (Lipinski definition) is 1. The van der Waals surface area contributed by atoms with E-state index in [0.717, 1.165) is 36.2 Å². The van der Waals surface area contributed by atoms with Crippen LogP contribution in [0, 0.1) is 0 Å². The average Bonchev–Trinajstić information content (AvgIpc) is 2.33. The first kappa shape index (κ1) is 17.0. The predicted octanol–water partition coefficient (Wildman–Crippen LogP) is 2.12. The summed E-state index contributed by atoms with van der Waals surface area (Å²) in [6.45, 7) is 3.37. The Hall–Kier alpha value is -0.0700. The fourth-order valence-electron chi connectivity index (χ4n) is 1.90. The second-order valence-electron chi connectivity index (χ2n) is 4.25. The number of benzene rings is 1. The molecule has 0 aliphatic carbocycles. The molecule has 1 aromatic rings. The number of piperidine rings is 1. The van der Waals surface area contributed by atoms with Crippen molar-refractivity contribution in [2.45, 2.75) is 25.9 Å². The molecule has 19 heavy (non-hydrogen) atoms. The van der Waals surface area contributed by atoms with E-state index >= 15 is 0 Å².